The molecule has 0 aliphatic carbocycles. The molecule has 0 fully saturated rings. The Morgan fingerprint density at radius 3 is 1.38 bits per heavy atom. The molecule has 0 aliphatic heterocycles. The van der Waals surface area contributed by atoms with Crippen LogP contribution in [0, 0.1) is 0 Å². The third kappa shape index (κ3) is 6.51. The smallest absolute Gasteiger partial charge is 0.136 e. The predicted octanol–water partition coefficient (Wildman–Crippen LogP) is 16.5. The maximum Gasteiger partial charge on any atom is 0.136 e. The summed E-state index contributed by atoms with van der Waals surface area (Å²) < 4.78 is 6.22. The average molecular weight is 766 g/mol. The minimum Gasteiger partial charge on any atom is -0.456 e. The molecule has 11 aromatic rings. The molecule has 60 heavy (non-hydrogen) atoms. The van der Waals surface area contributed by atoms with Gasteiger partial charge in [-0.25, -0.2) is 0 Å². The van der Waals surface area contributed by atoms with Crippen molar-refractivity contribution in [2.45, 2.75) is 0 Å². The Hall–Kier alpha value is -7.94. The molecule has 0 saturated carbocycles. The predicted molar refractivity (Wildman–Crippen MR) is 253 cm³/mol. The second kappa shape index (κ2) is 15.1. The summed E-state index contributed by atoms with van der Waals surface area (Å²) in [5.74, 6) is 0. The fourth-order valence-electron chi connectivity index (χ4n) is 8.69. The van der Waals surface area contributed by atoms with Gasteiger partial charge in [-0.3, -0.25) is 0 Å². The van der Waals surface area contributed by atoms with Crippen LogP contribution in [-0.2, 0) is 0 Å². The second-order valence-corrected chi connectivity index (χ2v) is 15.3. The molecule has 0 amide bonds. The van der Waals surface area contributed by atoms with Crippen LogP contribution in [0.25, 0.3) is 88.3 Å². The third-order valence-corrected chi connectivity index (χ3v) is 11.7. The molecule has 1 aromatic heterocycles. The van der Waals surface area contributed by atoms with E-state index in [0.29, 0.717) is 0 Å². The van der Waals surface area contributed by atoms with Crippen molar-refractivity contribution in [2.75, 3.05) is 4.90 Å². The highest BCUT2D eigenvalue weighted by atomic mass is 16.3. The molecule has 0 N–H and O–H groups in total. The quantitative estimate of drug-likeness (QED) is 0.153. The molecule has 0 unspecified atom stereocenters. The summed E-state index contributed by atoms with van der Waals surface area (Å²) in [5, 5.41) is 4.80. The van der Waals surface area contributed by atoms with E-state index < -0.39 is 0 Å². The highest BCUT2D eigenvalue weighted by Gasteiger charge is 2.16. The van der Waals surface area contributed by atoms with Crippen LogP contribution in [0.4, 0.5) is 17.1 Å². The van der Waals surface area contributed by atoms with Gasteiger partial charge in [-0.15, -0.1) is 0 Å². The molecule has 11 rings (SSSR count). The van der Waals surface area contributed by atoms with E-state index in [0.717, 1.165) is 50.1 Å². The van der Waals surface area contributed by atoms with Crippen molar-refractivity contribution < 1.29 is 4.42 Å². The van der Waals surface area contributed by atoms with E-state index >= 15 is 0 Å². The van der Waals surface area contributed by atoms with Crippen molar-refractivity contribution in [1.29, 1.82) is 0 Å². The van der Waals surface area contributed by atoms with Crippen molar-refractivity contribution >= 4 is 49.8 Å². The first-order valence-electron chi connectivity index (χ1n) is 20.5. The van der Waals surface area contributed by atoms with Crippen molar-refractivity contribution in [3.05, 3.63) is 237 Å². The van der Waals surface area contributed by atoms with Crippen LogP contribution in [0.2, 0.25) is 0 Å². The van der Waals surface area contributed by atoms with Gasteiger partial charge in [-0.1, -0.05) is 182 Å². The van der Waals surface area contributed by atoms with Gasteiger partial charge in [0.25, 0.3) is 0 Å². The summed E-state index contributed by atoms with van der Waals surface area (Å²) in [4.78, 5) is 2.34. The van der Waals surface area contributed by atoms with Gasteiger partial charge >= 0.3 is 0 Å². The Bertz CT molecular complexity index is 3270. The van der Waals surface area contributed by atoms with Crippen LogP contribution < -0.4 is 4.90 Å². The van der Waals surface area contributed by atoms with E-state index in [-0.39, 0.29) is 0 Å². The SMILES string of the molecule is c1ccc(-c2ccc(N(c3ccc(-c4ccc(-c5cccc(-c6cccc7ccccc67)c5)cc4)cc3)c3ccc(-c4cccc5oc6ccccc6c45)cc3)cc2)cc1. The molecule has 0 spiro atoms. The van der Waals surface area contributed by atoms with E-state index in [9.17, 15) is 0 Å². The summed E-state index contributed by atoms with van der Waals surface area (Å²) in [5.41, 5.74) is 17.0. The molecule has 1 heterocycles. The number of benzene rings is 10. The summed E-state index contributed by atoms with van der Waals surface area (Å²) in [6, 6.07) is 84.8. The molecule has 0 atom stereocenters. The topological polar surface area (TPSA) is 16.4 Å². The lowest BCUT2D eigenvalue weighted by Gasteiger charge is -2.26. The maximum absolute atomic E-state index is 6.22. The zero-order valence-corrected chi connectivity index (χ0v) is 32.9. The van der Waals surface area contributed by atoms with Gasteiger partial charge in [-0.05, 0) is 121 Å². The Labute approximate surface area is 349 Å². The molecule has 2 heteroatoms. The minimum atomic E-state index is 0.902. The lowest BCUT2D eigenvalue weighted by atomic mass is 9.94. The van der Waals surface area contributed by atoms with E-state index in [4.69, 9.17) is 4.42 Å². The Balaban J connectivity index is 0.912. The summed E-state index contributed by atoms with van der Waals surface area (Å²) in [6.07, 6.45) is 0. The number of nitrogens with zero attached hydrogens (tertiary/aromatic N) is 1. The number of rotatable bonds is 8. The van der Waals surface area contributed by atoms with Crippen LogP contribution in [0.1, 0.15) is 0 Å². The van der Waals surface area contributed by atoms with Crippen LogP contribution in [0.15, 0.2) is 241 Å². The Morgan fingerprint density at radius 2 is 0.700 bits per heavy atom. The van der Waals surface area contributed by atoms with Crippen LogP contribution in [-0.4, -0.2) is 0 Å². The van der Waals surface area contributed by atoms with Crippen molar-refractivity contribution in [3.8, 4) is 55.6 Å². The third-order valence-electron chi connectivity index (χ3n) is 11.7. The van der Waals surface area contributed by atoms with E-state index in [1.54, 1.807) is 0 Å². The van der Waals surface area contributed by atoms with Crippen molar-refractivity contribution in [1.82, 2.24) is 0 Å². The van der Waals surface area contributed by atoms with Gasteiger partial charge < -0.3 is 9.32 Å². The molecule has 2 nitrogen and oxygen atoms in total. The molecule has 0 saturated heterocycles. The lowest BCUT2D eigenvalue weighted by Crippen LogP contribution is -2.09. The van der Waals surface area contributed by atoms with E-state index in [2.05, 4.69) is 229 Å². The van der Waals surface area contributed by atoms with E-state index in [1.807, 2.05) is 12.1 Å². The molecule has 10 aromatic carbocycles. The first-order chi connectivity index (χ1) is 29.7. The Kier molecular flexibility index (Phi) is 8.87. The molecule has 0 aliphatic rings. The maximum atomic E-state index is 6.22. The van der Waals surface area contributed by atoms with Crippen LogP contribution in [0.3, 0.4) is 0 Å². The van der Waals surface area contributed by atoms with Gasteiger partial charge in [0.2, 0.25) is 0 Å². The molecule has 282 valence electrons. The number of para-hydroxylation sites is 1. The largest absolute Gasteiger partial charge is 0.456 e. The highest BCUT2D eigenvalue weighted by Crippen LogP contribution is 2.41. The van der Waals surface area contributed by atoms with Gasteiger partial charge in [0.05, 0.1) is 0 Å². The highest BCUT2D eigenvalue weighted by molar-refractivity contribution is 6.12. The normalized spacial score (nSPS) is 11.3. The minimum absolute atomic E-state index is 0.902. The van der Waals surface area contributed by atoms with Gasteiger partial charge in [0, 0.05) is 27.8 Å². The number of hydrogen-bond acceptors (Lipinski definition) is 2. The average Bonchev–Trinajstić information content (AvgIpc) is 3.72. The number of fused-ring (bicyclic) bond motifs is 4. The van der Waals surface area contributed by atoms with Gasteiger partial charge in [0.1, 0.15) is 11.2 Å². The van der Waals surface area contributed by atoms with Crippen molar-refractivity contribution in [2.24, 2.45) is 0 Å². The van der Waals surface area contributed by atoms with E-state index in [1.165, 1.54) is 55.3 Å². The van der Waals surface area contributed by atoms with Crippen LogP contribution >= 0.6 is 0 Å². The fraction of sp³-hybridized carbons (Fsp3) is 0. The number of hydrogen-bond donors (Lipinski definition) is 0. The lowest BCUT2D eigenvalue weighted by molar-refractivity contribution is 0.669. The fourth-order valence-corrected chi connectivity index (χ4v) is 8.69. The number of anilines is 3. The molecule has 0 radical (unpaired) electrons. The standard InChI is InChI=1S/C58H39NO/c1-2-11-40(12-3-1)42-27-33-49(34-28-42)59(51-37-31-46(32-38-51)54-20-10-22-57-58(54)55-18-6-7-21-56(55)60-57)50-35-29-43(30-36-50)41-23-25-44(26-24-41)47-15-8-16-48(39-47)53-19-9-14-45-13-4-5-17-52(45)53/h1-39H. The summed E-state index contributed by atoms with van der Waals surface area (Å²) in [7, 11) is 0. The first-order valence-corrected chi connectivity index (χ1v) is 20.5. The monoisotopic (exact) mass is 765 g/mol. The summed E-state index contributed by atoms with van der Waals surface area (Å²) >= 11 is 0. The first kappa shape index (κ1) is 35.2. The van der Waals surface area contributed by atoms with Crippen molar-refractivity contribution in [3.63, 3.8) is 0 Å². The Morgan fingerprint density at radius 1 is 0.267 bits per heavy atom. The number of furan rings is 1. The molecular formula is C58H39NO. The zero-order valence-electron chi connectivity index (χ0n) is 32.9. The second-order valence-electron chi connectivity index (χ2n) is 15.3. The van der Waals surface area contributed by atoms with Gasteiger partial charge in [0.15, 0.2) is 0 Å². The zero-order chi connectivity index (χ0) is 39.8. The molecule has 0 bridgehead atoms. The molecular weight excluding hydrogens is 727 g/mol. The van der Waals surface area contributed by atoms with Gasteiger partial charge in [-0.2, -0.15) is 0 Å². The summed E-state index contributed by atoms with van der Waals surface area (Å²) in [6.45, 7) is 0. The van der Waals surface area contributed by atoms with Crippen LogP contribution in [0.5, 0.6) is 0 Å².